The molecule has 0 saturated heterocycles. The molecular formula is C30H32N2O3. The van der Waals surface area contributed by atoms with E-state index in [0.717, 1.165) is 47.4 Å². The van der Waals surface area contributed by atoms with Gasteiger partial charge in [-0.15, -0.1) is 0 Å². The Labute approximate surface area is 206 Å². The molecule has 2 aliphatic rings. The SMILES string of the molecule is COC[C@@H]1CCC(=Nc2ccc3c(c2)C(NC(=O)c2ccc(-c4ccccc4)cc2)[C@H](O)C3)C1C. The number of carbonyl (C=O) groups is 1. The summed E-state index contributed by atoms with van der Waals surface area (Å²) < 4.78 is 5.36. The number of aliphatic imine (C=N–C) groups is 1. The molecule has 1 amide bonds. The van der Waals surface area contributed by atoms with Crippen LogP contribution < -0.4 is 5.32 Å². The molecule has 0 spiro atoms. The van der Waals surface area contributed by atoms with Crippen molar-refractivity contribution < 1.29 is 14.6 Å². The minimum absolute atomic E-state index is 0.190. The Balaban J connectivity index is 1.32. The Hall–Kier alpha value is -3.28. The van der Waals surface area contributed by atoms with Crippen LogP contribution in [0.2, 0.25) is 0 Å². The first-order chi connectivity index (χ1) is 17.0. The van der Waals surface area contributed by atoms with Gasteiger partial charge < -0.3 is 15.2 Å². The zero-order valence-corrected chi connectivity index (χ0v) is 20.3. The summed E-state index contributed by atoms with van der Waals surface area (Å²) in [6.07, 6.45) is 1.95. The zero-order chi connectivity index (χ0) is 24.4. The molecule has 5 nitrogen and oxygen atoms in total. The summed E-state index contributed by atoms with van der Waals surface area (Å²) in [4.78, 5) is 18.0. The highest BCUT2D eigenvalue weighted by molar-refractivity contribution is 5.95. The van der Waals surface area contributed by atoms with Gasteiger partial charge >= 0.3 is 0 Å². The van der Waals surface area contributed by atoms with E-state index < -0.39 is 12.1 Å². The van der Waals surface area contributed by atoms with Crippen LogP contribution in [0.4, 0.5) is 5.69 Å². The summed E-state index contributed by atoms with van der Waals surface area (Å²) >= 11 is 0. The van der Waals surface area contributed by atoms with Gasteiger partial charge in [-0.05, 0) is 71.2 Å². The summed E-state index contributed by atoms with van der Waals surface area (Å²) in [5.41, 5.74) is 6.83. The van der Waals surface area contributed by atoms with Gasteiger partial charge in [-0.2, -0.15) is 0 Å². The number of ether oxygens (including phenoxy) is 1. The second kappa shape index (κ2) is 10.1. The van der Waals surface area contributed by atoms with Crippen molar-refractivity contribution in [2.45, 2.75) is 38.3 Å². The molecule has 3 aromatic carbocycles. The maximum Gasteiger partial charge on any atom is 0.251 e. The summed E-state index contributed by atoms with van der Waals surface area (Å²) in [5.74, 6) is 0.712. The van der Waals surface area contributed by atoms with Crippen molar-refractivity contribution in [3.05, 3.63) is 89.5 Å². The van der Waals surface area contributed by atoms with E-state index in [-0.39, 0.29) is 5.91 Å². The lowest BCUT2D eigenvalue weighted by Gasteiger charge is -2.18. The maximum atomic E-state index is 13.0. The van der Waals surface area contributed by atoms with Crippen molar-refractivity contribution in [3.8, 4) is 11.1 Å². The second-order valence-corrected chi connectivity index (χ2v) is 9.70. The smallest absolute Gasteiger partial charge is 0.251 e. The van der Waals surface area contributed by atoms with E-state index >= 15 is 0 Å². The monoisotopic (exact) mass is 468 g/mol. The molecule has 1 fully saturated rings. The van der Waals surface area contributed by atoms with Crippen LogP contribution in [-0.4, -0.2) is 36.5 Å². The molecule has 4 atom stereocenters. The van der Waals surface area contributed by atoms with E-state index in [4.69, 9.17) is 9.73 Å². The van der Waals surface area contributed by atoms with Crippen molar-refractivity contribution in [1.82, 2.24) is 5.32 Å². The predicted molar refractivity (Wildman–Crippen MR) is 139 cm³/mol. The minimum Gasteiger partial charge on any atom is -0.390 e. The van der Waals surface area contributed by atoms with Crippen molar-refractivity contribution in [2.24, 2.45) is 16.8 Å². The molecule has 0 aliphatic heterocycles. The molecule has 5 rings (SSSR count). The lowest BCUT2D eigenvalue weighted by molar-refractivity contribution is 0.0858. The number of amides is 1. The van der Waals surface area contributed by atoms with E-state index in [1.165, 1.54) is 5.71 Å². The molecule has 0 radical (unpaired) electrons. The number of methoxy groups -OCH3 is 1. The molecule has 0 aromatic heterocycles. The second-order valence-electron chi connectivity index (χ2n) is 9.70. The summed E-state index contributed by atoms with van der Waals surface area (Å²) in [7, 11) is 1.75. The van der Waals surface area contributed by atoms with Gasteiger partial charge in [-0.3, -0.25) is 9.79 Å². The molecular weight excluding hydrogens is 436 g/mol. The Morgan fingerprint density at radius 3 is 2.54 bits per heavy atom. The number of benzene rings is 3. The van der Waals surface area contributed by atoms with Crippen LogP contribution in [0.15, 0.2) is 77.8 Å². The fraction of sp³-hybridized carbons (Fsp3) is 0.333. The number of fused-ring (bicyclic) bond motifs is 1. The predicted octanol–water partition coefficient (Wildman–Crippen LogP) is 5.51. The van der Waals surface area contributed by atoms with Gasteiger partial charge in [0, 0.05) is 31.4 Å². The highest BCUT2D eigenvalue weighted by atomic mass is 16.5. The number of carbonyl (C=O) groups excluding carboxylic acids is 1. The van der Waals surface area contributed by atoms with Gasteiger partial charge in [-0.25, -0.2) is 0 Å². The highest BCUT2D eigenvalue weighted by Crippen LogP contribution is 2.36. The number of hydrogen-bond donors (Lipinski definition) is 2. The molecule has 0 heterocycles. The number of rotatable bonds is 6. The van der Waals surface area contributed by atoms with Crippen molar-refractivity contribution in [1.29, 1.82) is 0 Å². The third-order valence-corrected chi connectivity index (χ3v) is 7.48. The minimum atomic E-state index is -0.656. The number of aliphatic hydroxyl groups is 1. The third-order valence-electron chi connectivity index (χ3n) is 7.48. The van der Waals surface area contributed by atoms with Crippen LogP contribution in [0, 0.1) is 11.8 Å². The first kappa shape index (κ1) is 23.5. The average Bonchev–Trinajstić information content (AvgIpc) is 3.38. The van der Waals surface area contributed by atoms with Crippen LogP contribution >= 0.6 is 0 Å². The maximum absolute atomic E-state index is 13.0. The largest absolute Gasteiger partial charge is 0.390 e. The van der Waals surface area contributed by atoms with Gasteiger partial charge in [0.1, 0.15) is 0 Å². The molecule has 2 N–H and O–H groups in total. The molecule has 35 heavy (non-hydrogen) atoms. The van der Waals surface area contributed by atoms with Gasteiger partial charge in [0.2, 0.25) is 0 Å². The van der Waals surface area contributed by atoms with Gasteiger partial charge in [0.25, 0.3) is 5.91 Å². The van der Waals surface area contributed by atoms with Crippen LogP contribution in [0.3, 0.4) is 0 Å². The number of nitrogens with zero attached hydrogens (tertiary/aromatic N) is 1. The Morgan fingerprint density at radius 1 is 1.06 bits per heavy atom. The van der Waals surface area contributed by atoms with E-state index in [1.54, 1.807) is 7.11 Å². The van der Waals surface area contributed by atoms with E-state index in [0.29, 0.717) is 23.8 Å². The number of aliphatic hydroxyl groups excluding tert-OH is 1. The molecule has 2 aliphatic carbocycles. The average molecular weight is 469 g/mol. The van der Waals surface area contributed by atoms with Crippen molar-refractivity contribution in [3.63, 3.8) is 0 Å². The Kier molecular flexibility index (Phi) is 6.80. The topological polar surface area (TPSA) is 70.9 Å². The van der Waals surface area contributed by atoms with E-state index in [1.807, 2.05) is 72.8 Å². The normalized spacial score (nSPS) is 24.5. The molecule has 3 aromatic rings. The number of nitrogens with one attached hydrogen (secondary N) is 1. The van der Waals surface area contributed by atoms with Crippen LogP contribution in [-0.2, 0) is 11.2 Å². The first-order valence-electron chi connectivity index (χ1n) is 12.4. The van der Waals surface area contributed by atoms with Gasteiger partial charge in [0.05, 0.1) is 17.8 Å². The Bertz CT molecular complexity index is 1220. The summed E-state index contributed by atoms with van der Waals surface area (Å²) in [5, 5.41) is 13.8. The van der Waals surface area contributed by atoms with Crippen molar-refractivity contribution in [2.75, 3.05) is 13.7 Å². The Morgan fingerprint density at radius 2 is 1.80 bits per heavy atom. The molecule has 2 unspecified atom stereocenters. The third kappa shape index (κ3) is 4.93. The molecule has 1 saturated carbocycles. The summed E-state index contributed by atoms with van der Waals surface area (Å²) in [6, 6.07) is 23.3. The first-order valence-corrected chi connectivity index (χ1v) is 12.4. The lowest BCUT2D eigenvalue weighted by atomic mass is 9.98. The van der Waals surface area contributed by atoms with Crippen LogP contribution in [0.1, 0.15) is 47.3 Å². The van der Waals surface area contributed by atoms with Gasteiger partial charge in [0.15, 0.2) is 0 Å². The summed E-state index contributed by atoms with van der Waals surface area (Å²) in [6.45, 7) is 2.98. The quantitative estimate of drug-likeness (QED) is 0.501. The van der Waals surface area contributed by atoms with E-state index in [2.05, 4.69) is 12.2 Å². The fourth-order valence-corrected chi connectivity index (χ4v) is 5.37. The molecule has 5 heteroatoms. The van der Waals surface area contributed by atoms with Crippen LogP contribution in [0.25, 0.3) is 11.1 Å². The molecule has 180 valence electrons. The standard InChI is InChI=1S/C30H32N2O3/c1-19-24(18-35-2)13-15-27(19)31-25-14-12-23-16-28(33)29(26(23)17-25)32-30(34)22-10-8-21(9-11-22)20-6-4-3-5-7-20/h3-12,14,17,19,24,28-29,33H,13,15-16,18H2,1-2H3,(H,32,34)/t19?,24-,28+,29?/m0/s1. The van der Waals surface area contributed by atoms with E-state index in [9.17, 15) is 9.90 Å². The highest BCUT2D eigenvalue weighted by Gasteiger charge is 2.33. The van der Waals surface area contributed by atoms with Crippen molar-refractivity contribution >= 4 is 17.3 Å². The zero-order valence-electron chi connectivity index (χ0n) is 20.3. The lowest BCUT2D eigenvalue weighted by Crippen LogP contribution is -2.33. The van der Waals surface area contributed by atoms with Gasteiger partial charge in [-0.1, -0.05) is 55.5 Å². The van der Waals surface area contributed by atoms with Crippen LogP contribution in [0.5, 0.6) is 0 Å². The fourth-order valence-electron chi connectivity index (χ4n) is 5.37. The molecule has 0 bridgehead atoms. The number of hydrogen-bond acceptors (Lipinski definition) is 4.